The standard InChI is InChI=1S/C9H14N2O4S/c1-9(2,6-12)11-16(14,15)7-3-4-8(13)10-5-7/h3-5,11-12H,6H2,1-2H3,(H,10,13). The van der Waals surface area contributed by atoms with Crippen molar-refractivity contribution in [3.8, 4) is 0 Å². The van der Waals surface area contributed by atoms with Crippen LogP contribution in [0.15, 0.2) is 28.0 Å². The molecular formula is C9H14N2O4S. The van der Waals surface area contributed by atoms with Crippen LogP contribution in [0.2, 0.25) is 0 Å². The second kappa shape index (κ2) is 4.36. The van der Waals surface area contributed by atoms with E-state index < -0.39 is 15.6 Å². The summed E-state index contributed by atoms with van der Waals surface area (Å²) in [5.74, 6) is 0. The molecule has 0 saturated heterocycles. The molecule has 6 nitrogen and oxygen atoms in total. The first-order valence-corrected chi connectivity index (χ1v) is 6.09. The average molecular weight is 246 g/mol. The summed E-state index contributed by atoms with van der Waals surface area (Å²) in [6, 6.07) is 2.33. The average Bonchev–Trinajstić information content (AvgIpc) is 2.17. The molecular weight excluding hydrogens is 232 g/mol. The summed E-state index contributed by atoms with van der Waals surface area (Å²) in [7, 11) is -3.73. The Balaban J connectivity index is 3.04. The molecule has 0 bridgehead atoms. The van der Waals surface area contributed by atoms with Gasteiger partial charge in [0.1, 0.15) is 0 Å². The predicted octanol–water partition coefficient (Wildman–Crippen LogP) is -0.576. The van der Waals surface area contributed by atoms with Gasteiger partial charge in [0.25, 0.3) is 0 Å². The quantitative estimate of drug-likeness (QED) is 0.662. The van der Waals surface area contributed by atoms with E-state index >= 15 is 0 Å². The van der Waals surface area contributed by atoms with Gasteiger partial charge in [0.15, 0.2) is 0 Å². The number of aliphatic hydroxyl groups is 1. The summed E-state index contributed by atoms with van der Waals surface area (Å²) >= 11 is 0. The molecule has 0 aromatic carbocycles. The van der Waals surface area contributed by atoms with E-state index in [1.54, 1.807) is 13.8 Å². The molecule has 1 aromatic rings. The molecule has 0 aliphatic heterocycles. The Bertz CT molecular complexity index is 498. The molecule has 0 unspecified atom stereocenters. The fourth-order valence-electron chi connectivity index (χ4n) is 1.02. The van der Waals surface area contributed by atoms with E-state index in [9.17, 15) is 13.2 Å². The minimum absolute atomic E-state index is 0.0476. The number of H-pyrrole nitrogens is 1. The van der Waals surface area contributed by atoms with Gasteiger partial charge in [0, 0.05) is 12.3 Å². The number of aliphatic hydroxyl groups excluding tert-OH is 1. The highest BCUT2D eigenvalue weighted by Gasteiger charge is 2.25. The Morgan fingerprint density at radius 1 is 1.44 bits per heavy atom. The zero-order chi connectivity index (χ0) is 12.4. The molecule has 0 amide bonds. The van der Waals surface area contributed by atoms with Crippen LogP contribution in [-0.2, 0) is 10.0 Å². The first-order valence-electron chi connectivity index (χ1n) is 4.60. The minimum atomic E-state index is -3.73. The molecule has 0 spiro atoms. The molecule has 3 N–H and O–H groups in total. The Kier molecular flexibility index (Phi) is 3.51. The summed E-state index contributed by atoms with van der Waals surface area (Å²) in [6.07, 6.45) is 1.11. The Labute approximate surface area is 93.4 Å². The van der Waals surface area contributed by atoms with Crippen LogP contribution in [-0.4, -0.2) is 30.7 Å². The fourth-order valence-corrected chi connectivity index (χ4v) is 2.39. The molecule has 0 radical (unpaired) electrons. The van der Waals surface area contributed by atoms with Crippen molar-refractivity contribution in [1.29, 1.82) is 0 Å². The van der Waals surface area contributed by atoms with Crippen LogP contribution in [0.5, 0.6) is 0 Å². The SMILES string of the molecule is CC(C)(CO)NS(=O)(=O)c1ccc(=O)[nH]c1. The molecule has 0 fully saturated rings. The van der Waals surface area contributed by atoms with Gasteiger partial charge in [-0.3, -0.25) is 4.79 Å². The minimum Gasteiger partial charge on any atom is -0.394 e. The van der Waals surface area contributed by atoms with Gasteiger partial charge in [-0.05, 0) is 19.9 Å². The number of hydrogen-bond donors (Lipinski definition) is 3. The van der Waals surface area contributed by atoms with E-state index in [1.807, 2.05) is 0 Å². The van der Waals surface area contributed by atoms with Crippen LogP contribution in [0, 0.1) is 0 Å². The Hall–Kier alpha value is -1.18. The van der Waals surface area contributed by atoms with Gasteiger partial charge in [-0.15, -0.1) is 0 Å². The first-order chi connectivity index (χ1) is 7.27. The topological polar surface area (TPSA) is 99.3 Å². The normalized spacial score (nSPS) is 12.7. The van der Waals surface area contributed by atoms with Gasteiger partial charge < -0.3 is 10.1 Å². The lowest BCUT2D eigenvalue weighted by atomic mass is 10.1. The van der Waals surface area contributed by atoms with Crippen molar-refractivity contribution >= 4 is 10.0 Å². The predicted molar refractivity (Wildman–Crippen MR) is 58.5 cm³/mol. The van der Waals surface area contributed by atoms with Gasteiger partial charge in [-0.1, -0.05) is 0 Å². The van der Waals surface area contributed by atoms with E-state index in [4.69, 9.17) is 5.11 Å². The van der Waals surface area contributed by atoms with Gasteiger partial charge >= 0.3 is 0 Å². The summed E-state index contributed by atoms with van der Waals surface area (Å²) < 4.78 is 25.9. The van der Waals surface area contributed by atoms with Crippen LogP contribution < -0.4 is 10.3 Å². The highest BCUT2D eigenvalue weighted by molar-refractivity contribution is 7.89. The summed E-state index contributed by atoms with van der Waals surface area (Å²) in [6.45, 7) is 2.78. The van der Waals surface area contributed by atoms with Crippen molar-refractivity contribution in [3.63, 3.8) is 0 Å². The Morgan fingerprint density at radius 2 is 2.06 bits per heavy atom. The molecule has 1 heterocycles. The van der Waals surface area contributed by atoms with Crippen molar-refractivity contribution in [2.24, 2.45) is 0 Å². The van der Waals surface area contributed by atoms with Crippen LogP contribution in [0.25, 0.3) is 0 Å². The van der Waals surface area contributed by atoms with E-state index in [-0.39, 0.29) is 17.1 Å². The highest BCUT2D eigenvalue weighted by atomic mass is 32.2. The third kappa shape index (κ3) is 3.16. The van der Waals surface area contributed by atoms with E-state index in [0.29, 0.717) is 0 Å². The molecule has 0 saturated carbocycles. The largest absolute Gasteiger partial charge is 0.394 e. The van der Waals surface area contributed by atoms with Crippen LogP contribution in [0.3, 0.4) is 0 Å². The highest BCUT2D eigenvalue weighted by Crippen LogP contribution is 2.10. The number of aromatic amines is 1. The van der Waals surface area contributed by atoms with E-state index in [0.717, 1.165) is 12.3 Å². The molecule has 1 aromatic heterocycles. The molecule has 1 rings (SSSR count). The van der Waals surface area contributed by atoms with Gasteiger partial charge in [-0.2, -0.15) is 0 Å². The van der Waals surface area contributed by atoms with Crippen LogP contribution in [0.4, 0.5) is 0 Å². The zero-order valence-corrected chi connectivity index (χ0v) is 9.84. The monoisotopic (exact) mass is 246 g/mol. The van der Waals surface area contributed by atoms with Crippen molar-refractivity contribution in [3.05, 3.63) is 28.7 Å². The molecule has 16 heavy (non-hydrogen) atoms. The maximum atomic E-state index is 11.8. The lowest BCUT2D eigenvalue weighted by Gasteiger charge is -2.22. The molecule has 0 aliphatic carbocycles. The van der Waals surface area contributed by atoms with E-state index in [2.05, 4.69) is 9.71 Å². The van der Waals surface area contributed by atoms with Crippen molar-refractivity contribution < 1.29 is 13.5 Å². The molecule has 0 aliphatic rings. The number of aromatic nitrogens is 1. The van der Waals surface area contributed by atoms with Gasteiger partial charge in [0.2, 0.25) is 15.6 Å². The Morgan fingerprint density at radius 3 is 2.50 bits per heavy atom. The first kappa shape index (κ1) is 12.9. The second-order valence-electron chi connectivity index (χ2n) is 4.04. The van der Waals surface area contributed by atoms with Gasteiger partial charge in [0.05, 0.1) is 17.0 Å². The number of pyridine rings is 1. The maximum Gasteiger partial charge on any atom is 0.247 e. The van der Waals surface area contributed by atoms with Crippen LogP contribution in [0.1, 0.15) is 13.8 Å². The van der Waals surface area contributed by atoms with Crippen molar-refractivity contribution in [2.45, 2.75) is 24.3 Å². The zero-order valence-electron chi connectivity index (χ0n) is 9.02. The third-order valence-corrected chi connectivity index (χ3v) is 3.57. The lowest BCUT2D eigenvalue weighted by Crippen LogP contribution is -2.46. The van der Waals surface area contributed by atoms with Crippen molar-refractivity contribution in [1.82, 2.24) is 9.71 Å². The van der Waals surface area contributed by atoms with Crippen molar-refractivity contribution in [2.75, 3.05) is 6.61 Å². The van der Waals surface area contributed by atoms with Gasteiger partial charge in [-0.25, -0.2) is 13.1 Å². The summed E-state index contributed by atoms with van der Waals surface area (Å²) in [5, 5.41) is 8.96. The third-order valence-electron chi connectivity index (χ3n) is 1.87. The lowest BCUT2D eigenvalue weighted by molar-refractivity contribution is 0.208. The number of rotatable bonds is 4. The number of sulfonamides is 1. The molecule has 7 heteroatoms. The fraction of sp³-hybridized carbons (Fsp3) is 0.444. The van der Waals surface area contributed by atoms with Crippen LogP contribution >= 0.6 is 0 Å². The molecule has 0 atom stereocenters. The van der Waals surface area contributed by atoms with E-state index in [1.165, 1.54) is 6.07 Å². The maximum absolute atomic E-state index is 11.8. The summed E-state index contributed by atoms with van der Waals surface area (Å²) in [4.78, 5) is 13.0. The number of hydrogen-bond acceptors (Lipinski definition) is 4. The number of nitrogens with one attached hydrogen (secondary N) is 2. The summed E-state index contributed by atoms with van der Waals surface area (Å²) in [5.41, 5.74) is -1.32. The molecule has 90 valence electrons. The second-order valence-corrected chi connectivity index (χ2v) is 5.72. The smallest absolute Gasteiger partial charge is 0.247 e.